The molecule has 30 heavy (non-hydrogen) atoms. The van der Waals surface area contributed by atoms with Crippen molar-refractivity contribution in [1.29, 1.82) is 0 Å². The van der Waals surface area contributed by atoms with E-state index in [1.165, 1.54) is 0 Å². The van der Waals surface area contributed by atoms with E-state index in [2.05, 4.69) is 18.7 Å². The Hall–Kier alpha value is -2.63. The van der Waals surface area contributed by atoms with E-state index in [9.17, 15) is 14.7 Å². The van der Waals surface area contributed by atoms with Gasteiger partial charge in [0.2, 0.25) is 0 Å². The van der Waals surface area contributed by atoms with Crippen molar-refractivity contribution in [1.82, 2.24) is 9.80 Å². The number of rotatable bonds is 7. The average molecular weight is 427 g/mol. The van der Waals surface area contributed by atoms with Crippen molar-refractivity contribution in [2.75, 3.05) is 26.2 Å². The third-order valence-electron chi connectivity index (χ3n) is 5.58. The first-order valence-corrected chi connectivity index (χ1v) is 10.6. The van der Waals surface area contributed by atoms with Crippen LogP contribution in [0.3, 0.4) is 0 Å². The van der Waals surface area contributed by atoms with Crippen molar-refractivity contribution in [3.8, 4) is 0 Å². The fourth-order valence-electron chi connectivity index (χ4n) is 3.79. The van der Waals surface area contributed by atoms with Crippen LogP contribution in [0.1, 0.15) is 36.6 Å². The zero-order valence-electron chi connectivity index (χ0n) is 17.6. The summed E-state index contributed by atoms with van der Waals surface area (Å²) in [6, 6.07) is 13.6. The van der Waals surface area contributed by atoms with Crippen LogP contribution in [0.2, 0.25) is 5.02 Å². The van der Waals surface area contributed by atoms with Gasteiger partial charge >= 0.3 is 0 Å². The lowest BCUT2D eigenvalue weighted by Crippen LogP contribution is -2.38. The molecule has 1 amide bonds. The molecule has 0 spiro atoms. The number of aliphatic hydroxyl groups is 1. The average Bonchev–Trinajstić information content (AvgIpc) is 2.99. The van der Waals surface area contributed by atoms with Crippen molar-refractivity contribution in [2.24, 2.45) is 0 Å². The number of benzene rings is 2. The Labute approximate surface area is 182 Å². The van der Waals surface area contributed by atoms with E-state index in [4.69, 9.17) is 11.6 Å². The number of amides is 1. The van der Waals surface area contributed by atoms with Gasteiger partial charge in [-0.15, -0.1) is 0 Å². The lowest BCUT2D eigenvalue weighted by Gasteiger charge is -2.28. The van der Waals surface area contributed by atoms with Gasteiger partial charge in [-0.05, 0) is 37.7 Å². The maximum absolute atomic E-state index is 13.0. The second kappa shape index (κ2) is 9.45. The number of hydrogen-bond acceptors (Lipinski definition) is 4. The Kier molecular flexibility index (Phi) is 6.95. The number of Topliss-reactive ketones (excluding diaryl/α,β-unsaturated/α-hetero) is 1. The number of nitrogens with zero attached hydrogens (tertiary/aromatic N) is 2. The first-order chi connectivity index (χ1) is 14.4. The number of carbonyl (C=O) groups excluding carboxylic acids is 2. The van der Waals surface area contributed by atoms with E-state index in [1.807, 2.05) is 25.1 Å². The molecule has 1 aliphatic rings. The Morgan fingerprint density at radius 3 is 2.37 bits per heavy atom. The zero-order chi connectivity index (χ0) is 21.8. The maximum atomic E-state index is 13.0. The first-order valence-electron chi connectivity index (χ1n) is 10.2. The standard InChI is InChI=1S/C24H27ClN2O3/c1-4-26(5-2)13-14-27-21(18-7-6-8-19(25)15-18)20(23(29)24(27)30)22(28)17-11-9-16(3)10-12-17/h6-12,15,21,28H,4-5,13-14H2,1-3H3/b22-20+/t21-/m0/s1. The summed E-state index contributed by atoms with van der Waals surface area (Å²) in [5.74, 6) is -1.43. The van der Waals surface area contributed by atoms with Gasteiger partial charge in [0.05, 0.1) is 11.6 Å². The molecule has 1 fully saturated rings. The normalized spacial score (nSPS) is 18.4. The van der Waals surface area contributed by atoms with Gasteiger partial charge in [0.1, 0.15) is 5.76 Å². The molecule has 1 saturated heterocycles. The number of carbonyl (C=O) groups is 2. The molecule has 2 aromatic carbocycles. The van der Waals surface area contributed by atoms with Crippen molar-refractivity contribution < 1.29 is 14.7 Å². The van der Waals surface area contributed by atoms with Crippen molar-refractivity contribution in [3.63, 3.8) is 0 Å². The van der Waals surface area contributed by atoms with E-state index in [0.29, 0.717) is 29.2 Å². The SMILES string of the molecule is CCN(CC)CCN1C(=O)C(=O)/C(=C(/O)c2ccc(C)cc2)[C@@H]1c1cccc(Cl)c1. The van der Waals surface area contributed by atoms with Crippen LogP contribution in [0.15, 0.2) is 54.1 Å². The minimum Gasteiger partial charge on any atom is -0.507 e. The molecular weight excluding hydrogens is 400 g/mol. The summed E-state index contributed by atoms with van der Waals surface area (Å²) in [5, 5.41) is 11.5. The molecule has 1 atom stereocenters. The predicted molar refractivity (Wildman–Crippen MR) is 119 cm³/mol. The number of aliphatic hydroxyl groups excluding tert-OH is 1. The summed E-state index contributed by atoms with van der Waals surface area (Å²) < 4.78 is 0. The third-order valence-corrected chi connectivity index (χ3v) is 5.82. The molecule has 1 N–H and O–H groups in total. The van der Waals surface area contributed by atoms with Crippen LogP contribution < -0.4 is 0 Å². The molecular formula is C24H27ClN2O3. The molecule has 1 aliphatic heterocycles. The highest BCUT2D eigenvalue weighted by Gasteiger charge is 2.46. The van der Waals surface area contributed by atoms with Crippen molar-refractivity contribution in [2.45, 2.75) is 26.8 Å². The second-order valence-electron chi connectivity index (χ2n) is 7.44. The summed E-state index contributed by atoms with van der Waals surface area (Å²) in [7, 11) is 0. The van der Waals surface area contributed by atoms with Gasteiger partial charge in [-0.1, -0.05) is 67.4 Å². The van der Waals surface area contributed by atoms with Crippen LogP contribution >= 0.6 is 11.6 Å². The topological polar surface area (TPSA) is 60.9 Å². The highest BCUT2D eigenvalue weighted by molar-refractivity contribution is 6.46. The van der Waals surface area contributed by atoms with Crippen LogP contribution in [-0.2, 0) is 9.59 Å². The monoisotopic (exact) mass is 426 g/mol. The van der Waals surface area contributed by atoms with E-state index in [0.717, 1.165) is 18.7 Å². The van der Waals surface area contributed by atoms with Crippen molar-refractivity contribution >= 4 is 29.1 Å². The molecule has 6 heteroatoms. The maximum Gasteiger partial charge on any atom is 0.295 e. The quantitative estimate of drug-likeness (QED) is 0.404. The first kappa shape index (κ1) is 22.1. The number of aryl methyl sites for hydroxylation is 1. The van der Waals surface area contributed by atoms with E-state index in [-0.39, 0.29) is 11.3 Å². The number of likely N-dealkylation sites (tertiary alicyclic amines) is 1. The molecule has 2 aromatic rings. The molecule has 0 saturated carbocycles. The summed E-state index contributed by atoms with van der Waals surface area (Å²) in [6.45, 7) is 8.79. The summed E-state index contributed by atoms with van der Waals surface area (Å²) in [4.78, 5) is 29.7. The Balaban J connectivity index is 2.09. The summed E-state index contributed by atoms with van der Waals surface area (Å²) in [6.07, 6.45) is 0. The fraction of sp³-hybridized carbons (Fsp3) is 0.333. The van der Waals surface area contributed by atoms with Crippen molar-refractivity contribution in [3.05, 3.63) is 75.8 Å². The van der Waals surface area contributed by atoms with Crippen LogP contribution in [0, 0.1) is 6.92 Å². The zero-order valence-corrected chi connectivity index (χ0v) is 18.3. The number of halogens is 1. The van der Waals surface area contributed by atoms with Crippen LogP contribution in [0.5, 0.6) is 0 Å². The third kappa shape index (κ3) is 4.42. The molecule has 158 valence electrons. The summed E-state index contributed by atoms with van der Waals surface area (Å²) in [5.41, 5.74) is 2.35. The second-order valence-corrected chi connectivity index (χ2v) is 7.88. The number of hydrogen-bond donors (Lipinski definition) is 1. The minimum absolute atomic E-state index is 0.102. The Morgan fingerprint density at radius 2 is 1.77 bits per heavy atom. The van der Waals surface area contributed by atoms with E-state index in [1.54, 1.807) is 35.2 Å². The van der Waals surface area contributed by atoms with E-state index >= 15 is 0 Å². The predicted octanol–water partition coefficient (Wildman–Crippen LogP) is 4.41. The molecule has 0 radical (unpaired) electrons. The minimum atomic E-state index is -0.680. The van der Waals surface area contributed by atoms with Gasteiger partial charge in [0.15, 0.2) is 0 Å². The van der Waals surface area contributed by atoms with Crippen LogP contribution in [0.25, 0.3) is 5.76 Å². The van der Waals surface area contributed by atoms with Gasteiger partial charge < -0.3 is 14.9 Å². The van der Waals surface area contributed by atoms with Gasteiger partial charge in [-0.3, -0.25) is 9.59 Å². The highest BCUT2D eigenvalue weighted by Crippen LogP contribution is 2.39. The smallest absolute Gasteiger partial charge is 0.295 e. The molecule has 0 bridgehead atoms. The molecule has 0 aromatic heterocycles. The Morgan fingerprint density at radius 1 is 1.10 bits per heavy atom. The number of likely N-dealkylation sites (N-methyl/N-ethyl adjacent to an activating group) is 1. The van der Waals surface area contributed by atoms with Gasteiger partial charge in [0.25, 0.3) is 11.7 Å². The molecule has 3 rings (SSSR count). The Bertz CT molecular complexity index is 965. The van der Waals surface area contributed by atoms with Crippen LogP contribution in [-0.4, -0.2) is 52.8 Å². The fourth-order valence-corrected chi connectivity index (χ4v) is 3.99. The van der Waals surface area contributed by atoms with Gasteiger partial charge in [0, 0.05) is 23.7 Å². The largest absolute Gasteiger partial charge is 0.507 e. The van der Waals surface area contributed by atoms with Crippen LogP contribution in [0.4, 0.5) is 0 Å². The van der Waals surface area contributed by atoms with E-state index < -0.39 is 17.7 Å². The van der Waals surface area contributed by atoms with Gasteiger partial charge in [-0.25, -0.2) is 0 Å². The lowest BCUT2D eigenvalue weighted by atomic mass is 9.95. The molecule has 5 nitrogen and oxygen atoms in total. The lowest BCUT2D eigenvalue weighted by molar-refractivity contribution is -0.140. The number of ketones is 1. The van der Waals surface area contributed by atoms with Gasteiger partial charge in [-0.2, -0.15) is 0 Å². The molecule has 0 unspecified atom stereocenters. The molecule has 0 aliphatic carbocycles. The summed E-state index contributed by atoms with van der Waals surface area (Å²) >= 11 is 6.20. The molecule has 1 heterocycles. The highest BCUT2D eigenvalue weighted by atomic mass is 35.5.